The molecule has 1 aliphatic rings. The molecule has 152 valence electrons. The Morgan fingerprint density at radius 3 is 1.78 bits per heavy atom. The number of cyclic esters (lactones) is 1. The van der Waals surface area contributed by atoms with Crippen LogP contribution in [-0.2, 0) is 14.3 Å². The number of rotatable bonds is 6. The highest BCUT2D eigenvalue weighted by Crippen LogP contribution is 2.43. The highest BCUT2D eigenvalue weighted by molar-refractivity contribution is 6.58. The number of halogens is 2. The molecule has 0 aliphatic carbocycles. The van der Waals surface area contributed by atoms with E-state index in [0.29, 0.717) is 17.8 Å². The number of esters is 1. The predicted molar refractivity (Wildman–Crippen MR) is 112 cm³/mol. The van der Waals surface area contributed by atoms with Crippen molar-refractivity contribution in [2.24, 2.45) is 0 Å². The van der Waals surface area contributed by atoms with Crippen molar-refractivity contribution < 1.29 is 14.3 Å². The maximum atomic E-state index is 11.9. The fraction of sp³-hybridized carbons (Fsp3) is 0.682. The van der Waals surface area contributed by atoms with E-state index in [2.05, 4.69) is 53.7 Å². The van der Waals surface area contributed by atoms with E-state index in [-0.39, 0.29) is 6.10 Å². The van der Waals surface area contributed by atoms with Gasteiger partial charge in [-0.05, 0) is 53.9 Å². The molecule has 0 spiro atoms. The molecule has 0 amide bonds. The summed E-state index contributed by atoms with van der Waals surface area (Å²) in [6.45, 7) is 17.0. The molecule has 0 aromatic heterocycles. The Bertz CT molecular complexity index is 666. The van der Waals surface area contributed by atoms with Crippen molar-refractivity contribution in [3.05, 3.63) is 34.4 Å². The maximum Gasteiger partial charge on any atom is 0.345 e. The van der Waals surface area contributed by atoms with E-state index in [1.165, 1.54) is 22.3 Å². The molecule has 0 saturated carbocycles. The number of hydrogen-bond donors (Lipinski definition) is 0. The summed E-state index contributed by atoms with van der Waals surface area (Å²) in [5.74, 6) is 0.499. The van der Waals surface area contributed by atoms with Crippen molar-refractivity contribution in [1.82, 2.24) is 0 Å². The summed E-state index contributed by atoms with van der Waals surface area (Å²) < 4.78 is 9.79. The van der Waals surface area contributed by atoms with Gasteiger partial charge in [-0.2, -0.15) is 0 Å². The normalized spacial score (nSPS) is 23.4. The average Bonchev–Trinajstić information content (AvgIpc) is 2.75. The molecular formula is C22H32Cl2O3. The van der Waals surface area contributed by atoms with Crippen LogP contribution in [0, 0.1) is 0 Å². The topological polar surface area (TPSA) is 35.5 Å². The lowest BCUT2D eigenvalue weighted by atomic mass is 9.82. The fourth-order valence-corrected chi connectivity index (χ4v) is 4.23. The van der Waals surface area contributed by atoms with E-state index in [0.717, 1.165) is 0 Å². The van der Waals surface area contributed by atoms with Crippen LogP contribution in [0.5, 0.6) is 0 Å². The molecular weight excluding hydrogens is 383 g/mol. The van der Waals surface area contributed by atoms with Crippen LogP contribution >= 0.6 is 23.2 Å². The Morgan fingerprint density at radius 2 is 1.44 bits per heavy atom. The van der Waals surface area contributed by atoms with Gasteiger partial charge in [-0.1, -0.05) is 76.9 Å². The Kier molecular flexibility index (Phi) is 6.93. The van der Waals surface area contributed by atoms with E-state index < -0.39 is 22.5 Å². The van der Waals surface area contributed by atoms with E-state index in [4.69, 9.17) is 32.7 Å². The van der Waals surface area contributed by atoms with Gasteiger partial charge in [0.25, 0.3) is 0 Å². The SMILES string of the molecule is CC(C)c1cc(C(C)C)c([C@H](C)O[C@H]2[C@@H](C)OC(=O)C2(Cl)Cl)c(C(C)C)c1. The van der Waals surface area contributed by atoms with Gasteiger partial charge in [0.15, 0.2) is 0 Å². The van der Waals surface area contributed by atoms with Crippen LogP contribution in [-0.4, -0.2) is 22.5 Å². The smallest absolute Gasteiger partial charge is 0.345 e. The standard InChI is InChI=1S/C22H32Cl2O3/c1-11(2)16-9-17(12(3)4)19(18(10-16)13(5)6)14(7)26-20-15(8)27-21(25)22(20,23)24/h9-15,20H,1-8H3/t14-,15+,20-/m0/s1. The Labute approximate surface area is 173 Å². The van der Waals surface area contributed by atoms with Gasteiger partial charge >= 0.3 is 5.97 Å². The number of hydrogen-bond acceptors (Lipinski definition) is 3. The molecule has 1 heterocycles. The molecule has 5 heteroatoms. The lowest BCUT2D eigenvalue weighted by molar-refractivity contribution is -0.141. The second-order valence-corrected chi connectivity index (χ2v) is 9.90. The Morgan fingerprint density at radius 1 is 0.963 bits per heavy atom. The van der Waals surface area contributed by atoms with E-state index >= 15 is 0 Å². The second kappa shape index (κ2) is 8.31. The van der Waals surface area contributed by atoms with Crippen LogP contribution in [0.25, 0.3) is 0 Å². The van der Waals surface area contributed by atoms with Crippen molar-refractivity contribution in [3.63, 3.8) is 0 Å². The summed E-state index contributed by atoms with van der Waals surface area (Å²) in [4.78, 5) is 11.9. The van der Waals surface area contributed by atoms with Gasteiger partial charge in [-0.15, -0.1) is 0 Å². The first-order valence-corrected chi connectivity index (χ1v) is 10.5. The quantitative estimate of drug-likeness (QED) is 0.387. The maximum absolute atomic E-state index is 11.9. The second-order valence-electron chi connectivity index (χ2n) is 8.51. The van der Waals surface area contributed by atoms with Crippen LogP contribution in [0.3, 0.4) is 0 Å². The molecule has 0 radical (unpaired) electrons. The summed E-state index contributed by atoms with van der Waals surface area (Å²) in [7, 11) is 0. The van der Waals surface area contributed by atoms with Gasteiger partial charge in [-0.25, -0.2) is 4.79 Å². The summed E-state index contributed by atoms with van der Waals surface area (Å²) >= 11 is 12.5. The van der Waals surface area contributed by atoms with Crippen LogP contribution in [0.1, 0.15) is 102 Å². The number of alkyl halides is 2. The molecule has 27 heavy (non-hydrogen) atoms. The van der Waals surface area contributed by atoms with Crippen LogP contribution < -0.4 is 0 Å². The predicted octanol–water partition coefficient (Wildman–Crippen LogP) is 6.62. The minimum absolute atomic E-state index is 0.264. The van der Waals surface area contributed by atoms with E-state index in [1.54, 1.807) is 6.92 Å². The number of benzene rings is 1. The van der Waals surface area contributed by atoms with Gasteiger partial charge in [-0.3, -0.25) is 0 Å². The highest BCUT2D eigenvalue weighted by Gasteiger charge is 2.55. The molecule has 1 fully saturated rings. The van der Waals surface area contributed by atoms with Gasteiger partial charge in [0, 0.05) is 0 Å². The van der Waals surface area contributed by atoms with Crippen molar-refractivity contribution in [2.75, 3.05) is 0 Å². The molecule has 3 nitrogen and oxygen atoms in total. The first-order valence-electron chi connectivity index (χ1n) is 9.79. The first kappa shape index (κ1) is 22.5. The van der Waals surface area contributed by atoms with Crippen LogP contribution in [0.15, 0.2) is 12.1 Å². The lowest BCUT2D eigenvalue weighted by Crippen LogP contribution is -2.38. The number of carbonyl (C=O) groups excluding carboxylic acids is 1. The number of carbonyl (C=O) groups is 1. The Balaban J connectivity index is 2.51. The molecule has 1 saturated heterocycles. The third-order valence-electron chi connectivity index (χ3n) is 5.28. The minimum atomic E-state index is -1.68. The van der Waals surface area contributed by atoms with Crippen molar-refractivity contribution >= 4 is 29.2 Å². The third-order valence-corrected chi connectivity index (χ3v) is 6.02. The zero-order valence-electron chi connectivity index (χ0n) is 17.6. The molecule has 3 atom stereocenters. The van der Waals surface area contributed by atoms with Gasteiger partial charge in [0.1, 0.15) is 12.2 Å². The van der Waals surface area contributed by atoms with Crippen molar-refractivity contribution in [1.29, 1.82) is 0 Å². The lowest BCUT2D eigenvalue weighted by Gasteiger charge is -2.30. The molecule has 1 aromatic carbocycles. The summed E-state index contributed by atoms with van der Waals surface area (Å²) in [6.07, 6.45) is -1.47. The van der Waals surface area contributed by atoms with E-state index in [1.807, 2.05) is 6.92 Å². The van der Waals surface area contributed by atoms with Gasteiger partial charge < -0.3 is 9.47 Å². The molecule has 2 rings (SSSR count). The van der Waals surface area contributed by atoms with Crippen molar-refractivity contribution in [3.8, 4) is 0 Å². The summed E-state index contributed by atoms with van der Waals surface area (Å²) in [5.41, 5.74) is 5.03. The monoisotopic (exact) mass is 414 g/mol. The third kappa shape index (κ3) is 4.46. The average molecular weight is 415 g/mol. The molecule has 1 aromatic rings. The zero-order chi connectivity index (χ0) is 20.7. The summed E-state index contributed by atoms with van der Waals surface area (Å²) in [5, 5.41) is 0. The number of ether oxygens (including phenoxy) is 2. The minimum Gasteiger partial charge on any atom is -0.457 e. The van der Waals surface area contributed by atoms with Gasteiger partial charge in [0.2, 0.25) is 4.33 Å². The van der Waals surface area contributed by atoms with Crippen molar-refractivity contribution in [2.45, 2.75) is 95.8 Å². The zero-order valence-corrected chi connectivity index (χ0v) is 19.1. The highest BCUT2D eigenvalue weighted by atomic mass is 35.5. The summed E-state index contributed by atoms with van der Waals surface area (Å²) in [6, 6.07) is 4.57. The largest absolute Gasteiger partial charge is 0.457 e. The van der Waals surface area contributed by atoms with E-state index in [9.17, 15) is 4.79 Å². The Hall–Kier alpha value is -0.770. The first-order chi connectivity index (χ1) is 12.4. The fourth-order valence-electron chi connectivity index (χ4n) is 3.69. The van der Waals surface area contributed by atoms with Gasteiger partial charge in [0.05, 0.1) is 6.10 Å². The van der Waals surface area contributed by atoms with Crippen LogP contribution in [0.2, 0.25) is 0 Å². The molecule has 0 N–H and O–H groups in total. The molecule has 0 bridgehead atoms. The van der Waals surface area contributed by atoms with Crippen LogP contribution in [0.4, 0.5) is 0 Å². The molecule has 0 unspecified atom stereocenters. The molecule has 1 aliphatic heterocycles.